The first-order chi connectivity index (χ1) is 12.1. The Morgan fingerprint density at radius 2 is 1.76 bits per heavy atom. The van der Waals surface area contributed by atoms with Crippen LogP contribution in [0.25, 0.3) is 10.9 Å². The Balaban J connectivity index is 1.94. The summed E-state index contributed by atoms with van der Waals surface area (Å²) in [5.74, 6) is 0.598. The van der Waals surface area contributed by atoms with Crippen LogP contribution < -0.4 is 5.56 Å². The van der Waals surface area contributed by atoms with Gasteiger partial charge in [-0.05, 0) is 18.1 Å². The molecule has 0 saturated carbocycles. The second-order valence-corrected chi connectivity index (χ2v) is 7.24. The predicted octanol–water partition coefficient (Wildman–Crippen LogP) is 4.03. The van der Waals surface area contributed by atoms with Crippen molar-refractivity contribution in [2.75, 3.05) is 5.75 Å². The fourth-order valence-electron chi connectivity index (χ4n) is 2.62. The molecule has 128 valence electrons. The maximum absolute atomic E-state index is 12.8. The largest absolute Gasteiger partial charge is 0.293 e. The van der Waals surface area contributed by atoms with E-state index in [0.717, 1.165) is 0 Å². The molecule has 0 saturated heterocycles. The first-order valence-electron chi connectivity index (χ1n) is 8.27. The normalized spacial score (nSPS) is 11.2. The monoisotopic (exact) mass is 352 g/mol. The number of rotatable bonds is 6. The third kappa shape index (κ3) is 3.99. The second-order valence-electron chi connectivity index (χ2n) is 6.30. The van der Waals surface area contributed by atoms with Gasteiger partial charge in [-0.1, -0.05) is 68.1 Å². The number of thioether (sulfide) groups is 1. The van der Waals surface area contributed by atoms with Crippen LogP contribution in [0.4, 0.5) is 0 Å². The molecule has 0 atom stereocenters. The van der Waals surface area contributed by atoms with Crippen molar-refractivity contribution in [3.05, 3.63) is 70.5 Å². The van der Waals surface area contributed by atoms with Crippen LogP contribution in [0, 0.1) is 5.92 Å². The van der Waals surface area contributed by atoms with E-state index in [1.165, 1.54) is 11.8 Å². The van der Waals surface area contributed by atoms with Gasteiger partial charge in [-0.2, -0.15) is 0 Å². The van der Waals surface area contributed by atoms with Gasteiger partial charge in [0, 0.05) is 12.1 Å². The summed E-state index contributed by atoms with van der Waals surface area (Å²) in [6.45, 7) is 4.70. The highest BCUT2D eigenvalue weighted by Crippen LogP contribution is 2.20. The van der Waals surface area contributed by atoms with Gasteiger partial charge in [-0.3, -0.25) is 14.2 Å². The zero-order valence-electron chi connectivity index (χ0n) is 14.3. The van der Waals surface area contributed by atoms with E-state index >= 15 is 0 Å². The van der Waals surface area contributed by atoms with Crippen LogP contribution in [0.1, 0.15) is 24.2 Å². The average molecular weight is 352 g/mol. The Morgan fingerprint density at radius 3 is 2.48 bits per heavy atom. The number of hydrogen-bond acceptors (Lipinski definition) is 4. The Morgan fingerprint density at radius 1 is 1.08 bits per heavy atom. The molecule has 0 fully saturated rings. The van der Waals surface area contributed by atoms with E-state index in [1.54, 1.807) is 22.8 Å². The van der Waals surface area contributed by atoms with Crippen LogP contribution in [0.2, 0.25) is 0 Å². The highest BCUT2D eigenvalue weighted by atomic mass is 32.2. The van der Waals surface area contributed by atoms with Gasteiger partial charge in [0.1, 0.15) is 0 Å². The fourth-order valence-corrected chi connectivity index (χ4v) is 3.52. The molecule has 2 aromatic carbocycles. The first kappa shape index (κ1) is 17.4. The minimum Gasteiger partial charge on any atom is -0.293 e. The van der Waals surface area contributed by atoms with Gasteiger partial charge in [0.2, 0.25) is 0 Å². The fraction of sp³-hybridized carbons (Fsp3) is 0.250. The molecular weight excluding hydrogens is 332 g/mol. The van der Waals surface area contributed by atoms with Crippen molar-refractivity contribution in [1.82, 2.24) is 9.55 Å². The lowest BCUT2D eigenvalue weighted by Crippen LogP contribution is -2.25. The SMILES string of the molecule is CC(C)Cn1c(SCC(=O)c2ccccc2)nc2ccccc2c1=O. The van der Waals surface area contributed by atoms with Crippen LogP contribution in [-0.4, -0.2) is 21.1 Å². The summed E-state index contributed by atoms with van der Waals surface area (Å²) < 4.78 is 1.69. The van der Waals surface area contributed by atoms with Crippen LogP contribution in [-0.2, 0) is 6.54 Å². The van der Waals surface area contributed by atoms with Gasteiger partial charge in [0.25, 0.3) is 5.56 Å². The van der Waals surface area contributed by atoms with Crippen LogP contribution in [0.15, 0.2) is 64.5 Å². The molecule has 0 aliphatic carbocycles. The molecule has 0 bridgehead atoms. The number of aromatic nitrogens is 2. The van der Waals surface area contributed by atoms with E-state index in [4.69, 9.17) is 0 Å². The molecule has 1 aromatic heterocycles. The molecule has 3 rings (SSSR count). The molecule has 5 heteroatoms. The molecule has 0 aliphatic rings. The summed E-state index contributed by atoms with van der Waals surface area (Å²) in [4.78, 5) is 29.8. The first-order valence-corrected chi connectivity index (χ1v) is 9.25. The maximum Gasteiger partial charge on any atom is 0.262 e. The maximum atomic E-state index is 12.8. The third-order valence-corrected chi connectivity index (χ3v) is 4.78. The number of nitrogens with zero attached hydrogens (tertiary/aromatic N) is 2. The van der Waals surface area contributed by atoms with E-state index < -0.39 is 0 Å². The Labute approximate surface area is 150 Å². The number of benzene rings is 2. The topological polar surface area (TPSA) is 52.0 Å². The molecule has 25 heavy (non-hydrogen) atoms. The van der Waals surface area contributed by atoms with Crippen LogP contribution >= 0.6 is 11.8 Å². The van der Waals surface area contributed by atoms with Crippen molar-refractivity contribution in [2.24, 2.45) is 5.92 Å². The van der Waals surface area contributed by atoms with Crippen LogP contribution in [0.3, 0.4) is 0 Å². The Kier molecular flexibility index (Phi) is 5.34. The molecule has 0 spiro atoms. The average Bonchev–Trinajstić information content (AvgIpc) is 2.63. The van der Waals surface area contributed by atoms with E-state index in [9.17, 15) is 9.59 Å². The lowest BCUT2D eigenvalue weighted by Gasteiger charge is -2.14. The van der Waals surface area contributed by atoms with Crippen molar-refractivity contribution in [2.45, 2.75) is 25.5 Å². The Hall–Kier alpha value is -2.40. The van der Waals surface area contributed by atoms with Crippen LogP contribution in [0.5, 0.6) is 0 Å². The molecular formula is C20H20N2O2S. The van der Waals surface area contributed by atoms with Crippen molar-refractivity contribution in [3.63, 3.8) is 0 Å². The summed E-state index contributed by atoms with van der Waals surface area (Å²) in [5.41, 5.74) is 1.30. The van der Waals surface area contributed by atoms with Gasteiger partial charge in [-0.15, -0.1) is 0 Å². The zero-order valence-corrected chi connectivity index (χ0v) is 15.1. The number of carbonyl (C=O) groups excluding carboxylic acids is 1. The number of carbonyl (C=O) groups is 1. The number of para-hydroxylation sites is 1. The quantitative estimate of drug-likeness (QED) is 0.382. The minimum atomic E-state index is -0.0473. The van der Waals surface area contributed by atoms with Gasteiger partial charge in [0.15, 0.2) is 10.9 Å². The molecule has 3 aromatic rings. The zero-order chi connectivity index (χ0) is 17.8. The van der Waals surface area contributed by atoms with Gasteiger partial charge >= 0.3 is 0 Å². The van der Waals surface area contributed by atoms with Crippen molar-refractivity contribution in [1.29, 1.82) is 0 Å². The highest BCUT2D eigenvalue weighted by Gasteiger charge is 2.14. The molecule has 0 unspecified atom stereocenters. The molecule has 0 amide bonds. The van der Waals surface area contributed by atoms with E-state index in [1.807, 2.05) is 36.4 Å². The number of ketones is 1. The molecule has 1 heterocycles. The van der Waals surface area contributed by atoms with Crippen molar-refractivity contribution >= 4 is 28.4 Å². The predicted molar refractivity (Wildman–Crippen MR) is 102 cm³/mol. The smallest absolute Gasteiger partial charge is 0.262 e. The summed E-state index contributed by atoms with van der Waals surface area (Å²) in [6, 6.07) is 16.5. The second kappa shape index (κ2) is 7.66. The number of hydrogen-bond donors (Lipinski definition) is 0. The van der Waals surface area contributed by atoms with Gasteiger partial charge < -0.3 is 0 Å². The Bertz CT molecular complexity index is 949. The van der Waals surface area contributed by atoms with E-state index in [2.05, 4.69) is 18.8 Å². The molecule has 0 N–H and O–H groups in total. The third-order valence-electron chi connectivity index (χ3n) is 3.80. The van der Waals surface area contributed by atoms with Crippen molar-refractivity contribution in [3.8, 4) is 0 Å². The molecule has 0 aliphatic heterocycles. The van der Waals surface area contributed by atoms with E-state index in [0.29, 0.717) is 34.1 Å². The lowest BCUT2D eigenvalue weighted by atomic mass is 10.2. The number of Topliss-reactive ketones (excluding diaryl/α,β-unsaturated/α-hetero) is 1. The molecule has 4 nitrogen and oxygen atoms in total. The summed E-state index contributed by atoms with van der Waals surface area (Å²) in [7, 11) is 0. The minimum absolute atomic E-state index is 0.0316. The standard InChI is InChI=1S/C20H20N2O2S/c1-14(2)12-22-19(24)16-10-6-7-11-17(16)21-20(22)25-13-18(23)15-8-4-3-5-9-15/h3-11,14H,12-13H2,1-2H3. The summed E-state index contributed by atoms with van der Waals surface area (Å²) in [5, 5.41) is 1.21. The summed E-state index contributed by atoms with van der Waals surface area (Å²) >= 11 is 1.32. The van der Waals surface area contributed by atoms with Crippen molar-refractivity contribution < 1.29 is 4.79 Å². The molecule has 0 radical (unpaired) electrons. The summed E-state index contributed by atoms with van der Waals surface area (Å²) in [6.07, 6.45) is 0. The number of fused-ring (bicyclic) bond motifs is 1. The highest BCUT2D eigenvalue weighted by molar-refractivity contribution is 7.99. The lowest BCUT2D eigenvalue weighted by molar-refractivity contribution is 0.102. The van der Waals surface area contributed by atoms with E-state index in [-0.39, 0.29) is 17.1 Å². The van der Waals surface area contributed by atoms with Gasteiger partial charge in [-0.25, -0.2) is 4.98 Å². The van der Waals surface area contributed by atoms with Gasteiger partial charge in [0.05, 0.1) is 16.7 Å².